The Bertz CT molecular complexity index is 1030. The predicted molar refractivity (Wildman–Crippen MR) is 133 cm³/mol. The highest BCUT2D eigenvalue weighted by Gasteiger charge is 2.48. The molecule has 2 saturated carbocycles. The lowest BCUT2D eigenvalue weighted by Gasteiger charge is -2.45. The summed E-state index contributed by atoms with van der Waals surface area (Å²) in [6.45, 7) is 5.99. The Morgan fingerprint density at radius 2 is 1.91 bits per heavy atom. The minimum Gasteiger partial charge on any atom is -0.463 e. The number of furan rings is 1. The number of nitrogens with zero attached hydrogens (tertiary/aromatic N) is 3. The van der Waals surface area contributed by atoms with Gasteiger partial charge in [0.2, 0.25) is 5.91 Å². The van der Waals surface area contributed by atoms with Crippen LogP contribution in [0.25, 0.3) is 11.1 Å². The van der Waals surface area contributed by atoms with Gasteiger partial charge in [0.05, 0.1) is 18.3 Å². The Morgan fingerprint density at radius 1 is 1.18 bits per heavy atom. The van der Waals surface area contributed by atoms with Crippen LogP contribution in [-0.4, -0.2) is 63.9 Å². The summed E-state index contributed by atoms with van der Waals surface area (Å²) >= 11 is 0. The lowest BCUT2D eigenvalue weighted by atomic mass is 9.86. The van der Waals surface area contributed by atoms with Crippen molar-refractivity contribution in [1.29, 1.82) is 0 Å². The van der Waals surface area contributed by atoms with Gasteiger partial charge < -0.3 is 24.1 Å². The molecule has 0 saturated heterocycles. The molecule has 1 atom stereocenters. The van der Waals surface area contributed by atoms with E-state index in [0.717, 1.165) is 43.7 Å². The number of likely N-dealkylation sites (N-methyl/N-ethyl adjacent to an activating group) is 1. The maximum absolute atomic E-state index is 13.8. The lowest BCUT2D eigenvalue weighted by molar-refractivity contribution is -0.134. The van der Waals surface area contributed by atoms with Crippen molar-refractivity contribution in [2.75, 3.05) is 20.1 Å². The first-order valence-corrected chi connectivity index (χ1v) is 13.3. The maximum Gasteiger partial charge on any atom is 0.271 e. The molecule has 1 aliphatic heterocycles. The first-order chi connectivity index (χ1) is 16.4. The van der Waals surface area contributed by atoms with Gasteiger partial charge in [-0.25, -0.2) is 0 Å². The van der Waals surface area contributed by atoms with Crippen molar-refractivity contribution in [1.82, 2.24) is 19.7 Å². The Balaban J connectivity index is 1.39. The van der Waals surface area contributed by atoms with E-state index >= 15 is 0 Å². The van der Waals surface area contributed by atoms with E-state index in [1.54, 1.807) is 6.26 Å². The quantitative estimate of drug-likeness (QED) is 0.682. The van der Waals surface area contributed by atoms with Crippen LogP contribution >= 0.6 is 0 Å². The number of carbonyl (C=O) groups is 2. The van der Waals surface area contributed by atoms with Gasteiger partial charge in [-0.15, -0.1) is 0 Å². The van der Waals surface area contributed by atoms with Crippen LogP contribution in [0.1, 0.15) is 82.1 Å². The summed E-state index contributed by atoms with van der Waals surface area (Å²) in [5.74, 6) is 0.616. The van der Waals surface area contributed by atoms with Crippen molar-refractivity contribution < 1.29 is 14.0 Å². The molecule has 0 unspecified atom stereocenters. The zero-order valence-electron chi connectivity index (χ0n) is 21.0. The van der Waals surface area contributed by atoms with E-state index < -0.39 is 5.54 Å². The van der Waals surface area contributed by atoms with Gasteiger partial charge in [-0.05, 0) is 58.4 Å². The molecule has 2 aliphatic carbocycles. The summed E-state index contributed by atoms with van der Waals surface area (Å²) in [6, 6.07) is 4.49. The number of nitrogens with one attached hydrogen (secondary N) is 1. The standard InChI is InChI=1S/C27H40N4O3/c1-19-9-11-20(12-10-19)28-26(33)27(2)18-30-22-13-16-34-24(22)17-23(30)25(32)31(27)15-14-29(3)21-7-5-4-6-8-21/h13,16-17,19-21H,4-12,14-15,18H2,1-3H3,(H,28,33)/t19?,20?,27-/m0/s1. The fourth-order valence-corrected chi connectivity index (χ4v) is 6.33. The fourth-order valence-electron chi connectivity index (χ4n) is 6.33. The van der Waals surface area contributed by atoms with E-state index in [2.05, 4.69) is 24.2 Å². The Morgan fingerprint density at radius 3 is 2.65 bits per heavy atom. The van der Waals surface area contributed by atoms with Gasteiger partial charge in [0.1, 0.15) is 11.2 Å². The molecule has 2 amide bonds. The molecule has 3 aliphatic rings. The molecule has 7 heteroatoms. The second kappa shape index (κ2) is 9.40. The average Bonchev–Trinajstić information content (AvgIpc) is 3.43. The summed E-state index contributed by atoms with van der Waals surface area (Å²) in [4.78, 5) is 31.8. The molecule has 0 radical (unpaired) electrons. The molecule has 0 bridgehead atoms. The number of carbonyl (C=O) groups excluding carboxylic acids is 2. The minimum atomic E-state index is -0.941. The molecule has 2 fully saturated rings. The molecule has 7 nitrogen and oxygen atoms in total. The second-order valence-electron chi connectivity index (χ2n) is 11.2. The highest BCUT2D eigenvalue weighted by molar-refractivity contribution is 6.02. The molecule has 2 aromatic rings. The summed E-state index contributed by atoms with van der Waals surface area (Å²) in [5.41, 5.74) is 1.26. The summed E-state index contributed by atoms with van der Waals surface area (Å²) in [6.07, 6.45) is 12.3. The van der Waals surface area contributed by atoms with Crippen LogP contribution in [0.3, 0.4) is 0 Å². The summed E-state index contributed by atoms with van der Waals surface area (Å²) in [5, 5.41) is 3.33. The zero-order valence-corrected chi connectivity index (χ0v) is 21.0. The highest BCUT2D eigenvalue weighted by Crippen LogP contribution is 2.34. The maximum atomic E-state index is 13.8. The average molecular weight is 469 g/mol. The number of hydrogen-bond donors (Lipinski definition) is 1. The van der Waals surface area contributed by atoms with Crippen molar-refractivity contribution in [3.05, 3.63) is 24.1 Å². The van der Waals surface area contributed by atoms with Crippen LogP contribution < -0.4 is 5.32 Å². The van der Waals surface area contributed by atoms with Gasteiger partial charge >= 0.3 is 0 Å². The van der Waals surface area contributed by atoms with Crippen LogP contribution in [-0.2, 0) is 11.3 Å². The smallest absolute Gasteiger partial charge is 0.271 e. The first-order valence-electron chi connectivity index (χ1n) is 13.3. The lowest BCUT2D eigenvalue weighted by Crippen LogP contribution is -2.66. The van der Waals surface area contributed by atoms with Crippen LogP contribution in [0, 0.1) is 5.92 Å². The van der Waals surface area contributed by atoms with Gasteiger partial charge in [-0.1, -0.05) is 26.2 Å². The molecule has 3 heterocycles. The zero-order chi connectivity index (χ0) is 23.9. The minimum absolute atomic E-state index is 0.0308. The van der Waals surface area contributed by atoms with E-state index in [1.165, 1.54) is 32.1 Å². The Kier molecular flexibility index (Phi) is 6.49. The number of fused-ring (bicyclic) bond motifs is 3. The molecule has 34 heavy (non-hydrogen) atoms. The van der Waals surface area contributed by atoms with Gasteiger partial charge in [-0.2, -0.15) is 0 Å². The number of hydrogen-bond acceptors (Lipinski definition) is 4. The van der Waals surface area contributed by atoms with E-state index in [9.17, 15) is 9.59 Å². The molecule has 0 aromatic carbocycles. The first kappa shape index (κ1) is 23.5. The van der Waals surface area contributed by atoms with E-state index in [4.69, 9.17) is 4.42 Å². The van der Waals surface area contributed by atoms with Gasteiger partial charge in [-0.3, -0.25) is 9.59 Å². The van der Waals surface area contributed by atoms with Gasteiger partial charge in [0, 0.05) is 37.3 Å². The van der Waals surface area contributed by atoms with Crippen molar-refractivity contribution in [2.45, 2.75) is 95.8 Å². The number of rotatable bonds is 6. The van der Waals surface area contributed by atoms with Crippen LogP contribution in [0.5, 0.6) is 0 Å². The highest BCUT2D eigenvalue weighted by atomic mass is 16.3. The van der Waals surface area contributed by atoms with Crippen LogP contribution in [0.4, 0.5) is 0 Å². The van der Waals surface area contributed by atoms with Crippen molar-refractivity contribution in [2.24, 2.45) is 5.92 Å². The van der Waals surface area contributed by atoms with Gasteiger partial charge in [0.25, 0.3) is 5.91 Å². The molecular weight excluding hydrogens is 428 g/mol. The summed E-state index contributed by atoms with van der Waals surface area (Å²) < 4.78 is 7.57. The SMILES string of the molecule is CC1CCC(NC(=O)[C@]2(C)Cn3c(cc4occc43)C(=O)N2CCN(C)C2CCCCC2)CC1. The van der Waals surface area contributed by atoms with Crippen LogP contribution in [0.15, 0.2) is 22.8 Å². The van der Waals surface area contributed by atoms with Crippen molar-refractivity contribution >= 4 is 22.9 Å². The molecule has 0 spiro atoms. The molecule has 1 N–H and O–H groups in total. The monoisotopic (exact) mass is 468 g/mol. The second-order valence-corrected chi connectivity index (χ2v) is 11.2. The third-order valence-electron chi connectivity index (χ3n) is 8.76. The third kappa shape index (κ3) is 4.28. The van der Waals surface area contributed by atoms with Gasteiger partial charge in [0.15, 0.2) is 5.58 Å². The Labute approximate surface area is 202 Å². The molecule has 186 valence electrons. The van der Waals surface area contributed by atoms with E-state index in [-0.39, 0.29) is 17.9 Å². The molecular formula is C27H40N4O3. The van der Waals surface area contributed by atoms with Crippen molar-refractivity contribution in [3.63, 3.8) is 0 Å². The van der Waals surface area contributed by atoms with E-state index in [1.807, 2.05) is 28.5 Å². The summed E-state index contributed by atoms with van der Waals surface area (Å²) in [7, 11) is 2.17. The third-order valence-corrected chi connectivity index (χ3v) is 8.76. The van der Waals surface area contributed by atoms with Crippen LogP contribution in [0.2, 0.25) is 0 Å². The van der Waals surface area contributed by atoms with E-state index in [0.29, 0.717) is 30.4 Å². The topological polar surface area (TPSA) is 70.7 Å². The number of amides is 2. The largest absolute Gasteiger partial charge is 0.463 e. The Hall–Kier alpha value is -2.28. The van der Waals surface area contributed by atoms with Crippen molar-refractivity contribution in [3.8, 4) is 0 Å². The molecule has 2 aromatic heterocycles. The molecule has 5 rings (SSSR count). The predicted octanol–water partition coefficient (Wildman–Crippen LogP) is 4.41. The normalized spacial score (nSPS) is 28.5. The fraction of sp³-hybridized carbons (Fsp3) is 0.704. The number of aromatic nitrogens is 1.